The molecule has 1 amide bonds. The summed E-state index contributed by atoms with van der Waals surface area (Å²) in [5, 5.41) is 2.79. The van der Waals surface area contributed by atoms with Gasteiger partial charge in [-0.2, -0.15) is 0 Å². The molecule has 0 radical (unpaired) electrons. The first-order chi connectivity index (χ1) is 9.29. The summed E-state index contributed by atoms with van der Waals surface area (Å²) < 4.78 is 5.55. The van der Waals surface area contributed by atoms with Crippen molar-refractivity contribution in [1.29, 1.82) is 0 Å². The van der Waals surface area contributed by atoms with Gasteiger partial charge in [-0.15, -0.1) is 0 Å². The van der Waals surface area contributed by atoms with Gasteiger partial charge in [0, 0.05) is 5.69 Å². The predicted octanol–water partition coefficient (Wildman–Crippen LogP) is 3.27. The van der Waals surface area contributed by atoms with E-state index in [-0.39, 0.29) is 12.5 Å². The lowest BCUT2D eigenvalue weighted by molar-refractivity contribution is -0.118. The lowest BCUT2D eigenvalue weighted by Crippen LogP contribution is -2.20. The molecule has 2 rings (SSSR count). The van der Waals surface area contributed by atoms with Crippen molar-refractivity contribution >= 4 is 11.6 Å². The van der Waals surface area contributed by atoms with Gasteiger partial charge in [-0.1, -0.05) is 43.3 Å². The smallest absolute Gasteiger partial charge is 0.262 e. The van der Waals surface area contributed by atoms with Crippen molar-refractivity contribution in [1.82, 2.24) is 0 Å². The van der Waals surface area contributed by atoms with Gasteiger partial charge < -0.3 is 10.1 Å². The van der Waals surface area contributed by atoms with E-state index in [4.69, 9.17) is 4.74 Å². The highest BCUT2D eigenvalue weighted by Crippen LogP contribution is 2.18. The fourth-order valence-electron chi connectivity index (χ4n) is 1.80. The summed E-state index contributed by atoms with van der Waals surface area (Å²) in [5.74, 6) is 0.616. The second-order valence-electron chi connectivity index (χ2n) is 4.16. The fraction of sp³-hybridized carbons (Fsp3) is 0.188. The van der Waals surface area contributed by atoms with Gasteiger partial charge in [0.05, 0.1) is 0 Å². The van der Waals surface area contributed by atoms with Crippen LogP contribution in [0.2, 0.25) is 0 Å². The molecule has 0 aliphatic carbocycles. The van der Waals surface area contributed by atoms with Crippen molar-refractivity contribution in [2.24, 2.45) is 0 Å². The normalized spacial score (nSPS) is 9.95. The molecule has 0 saturated carbocycles. The number of hydrogen-bond acceptors (Lipinski definition) is 2. The molecule has 0 spiro atoms. The molecule has 2 aromatic carbocycles. The molecule has 0 atom stereocenters. The number of rotatable bonds is 5. The van der Waals surface area contributed by atoms with E-state index in [2.05, 4.69) is 12.2 Å². The molecule has 0 heterocycles. The van der Waals surface area contributed by atoms with E-state index in [9.17, 15) is 4.79 Å². The summed E-state index contributed by atoms with van der Waals surface area (Å²) in [6.07, 6.45) is 0.885. The van der Waals surface area contributed by atoms with Crippen molar-refractivity contribution in [3.8, 4) is 5.75 Å². The zero-order valence-electron chi connectivity index (χ0n) is 10.9. The number of carbonyl (C=O) groups is 1. The van der Waals surface area contributed by atoms with Crippen LogP contribution in [0, 0.1) is 0 Å². The van der Waals surface area contributed by atoms with Gasteiger partial charge in [0.1, 0.15) is 5.75 Å². The van der Waals surface area contributed by atoms with Gasteiger partial charge in [-0.25, -0.2) is 0 Å². The first-order valence-corrected chi connectivity index (χ1v) is 6.35. The standard InChI is InChI=1S/C16H17NO2/c1-2-13-8-6-7-11-15(13)19-12-16(18)17-14-9-4-3-5-10-14/h3-11H,2,12H2,1H3,(H,17,18). The zero-order valence-corrected chi connectivity index (χ0v) is 10.9. The van der Waals surface area contributed by atoms with Crippen LogP contribution in [0.1, 0.15) is 12.5 Å². The number of carbonyl (C=O) groups excluding carboxylic acids is 1. The number of para-hydroxylation sites is 2. The molecule has 0 saturated heterocycles. The molecule has 0 unspecified atom stereocenters. The minimum atomic E-state index is -0.155. The van der Waals surface area contributed by atoms with Gasteiger partial charge in [0.2, 0.25) is 0 Å². The number of nitrogens with one attached hydrogen (secondary N) is 1. The van der Waals surface area contributed by atoms with E-state index >= 15 is 0 Å². The minimum absolute atomic E-state index is 0.0197. The Hall–Kier alpha value is -2.29. The predicted molar refractivity (Wildman–Crippen MR) is 76.4 cm³/mol. The number of hydrogen-bond donors (Lipinski definition) is 1. The first-order valence-electron chi connectivity index (χ1n) is 6.35. The average Bonchev–Trinajstić information content (AvgIpc) is 2.46. The van der Waals surface area contributed by atoms with Crippen LogP contribution >= 0.6 is 0 Å². The third-order valence-corrected chi connectivity index (χ3v) is 2.77. The minimum Gasteiger partial charge on any atom is -0.483 e. The Balaban J connectivity index is 1.90. The number of anilines is 1. The van der Waals surface area contributed by atoms with Crippen LogP contribution in [0.25, 0.3) is 0 Å². The second kappa shape index (κ2) is 6.59. The highest BCUT2D eigenvalue weighted by atomic mass is 16.5. The molecule has 0 fully saturated rings. The lowest BCUT2D eigenvalue weighted by atomic mass is 10.1. The van der Waals surface area contributed by atoms with Gasteiger partial charge in [-0.3, -0.25) is 4.79 Å². The third-order valence-electron chi connectivity index (χ3n) is 2.77. The molecule has 0 aliphatic heterocycles. The maximum absolute atomic E-state index is 11.7. The van der Waals surface area contributed by atoms with Gasteiger partial charge in [0.15, 0.2) is 6.61 Å². The summed E-state index contributed by atoms with van der Waals surface area (Å²) in [7, 11) is 0. The number of amides is 1. The van der Waals surface area contributed by atoms with E-state index in [0.717, 1.165) is 23.4 Å². The molecule has 3 heteroatoms. The van der Waals surface area contributed by atoms with Crippen molar-refractivity contribution in [2.75, 3.05) is 11.9 Å². The highest BCUT2D eigenvalue weighted by Gasteiger charge is 2.05. The summed E-state index contributed by atoms with van der Waals surface area (Å²) in [6.45, 7) is 2.08. The zero-order chi connectivity index (χ0) is 13.5. The highest BCUT2D eigenvalue weighted by molar-refractivity contribution is 5.91. The lowest BCUT2D eigenvalue weighted by Gasteiger charge is -2.10. The third kappa shape index (κ3) is 3.85. The topological polar surface area (TPSA) is 38.3 Å². The molecule has 1 N–H and O–H groups in total. The Morgan fingerprint density at radius 3 is 2.47 bits per heavy atom. The molecule has 3 nitrogen and oxygen atoms in total. The van der Waals surface area contributed by atoms with E-state index in [1.165, 1.54) is 0 Å². The van der Waals surface area contributed by atoms with Crippen molar-refractivity contribution in [3.05, 3.63) is 60.2 Å². The molecule has 2 aromatic rings. The van der Waals surface area contributed by atoms with Crippen LogP contribution < -0.4 is 10.1 Å². The monoisotopic (exact) mass is 255 g/mol. The molecular weight excluding hydrogens is 238 g/mol. The fourth-order valence-corrected chi connectivity index (χ4v) is 1.80. The van der Waals surface area contributed by atoms with E-state index in [1.807, 2.05) is 54.6 Å². The Labute approximate surface area is 113 Å². The second-order valence-corrected chi connectivity index (χ2v) is 4.16. The molecule has 19 heavy (non-hydrogen) atoms. The van der Waals surface area contributed by atoms with Gasteiger partial charge in [-0.05, 0) is 30.2 Å². The van der Waals surface area contributed by atoms with Crippen LogP contribution in [0.15, 0.2) is 54.6 Å². The van der Waals surface area contributed by atoms with Crippen LogP contribution in [-0.4, -0.2) is 12.5 Å². The van der Waals surface area contributed by atoms with Crippen molar-refractivity contribution < 1.29 is 9.53 Å². The summed E-state index contributed by atoms with van der Waals surface area (Å²) in [4.78, 5) is 11.7. The maximum Gasteiger partial charge on any atom is 0.262 e. The van der Waals surface area contributed by atoms with Crippen LogP contribution in [0.5, 0.6) is 5.75 Å². The summed E-state index contributed by atoms with van der Waals surface area (Å²) in [5.41, 5.74) is 1.88. The van der Waals surface area contributed by atoms with Crippen LogP contribution in [0.3, 0.4) is 0 Å². The van der Waals surface area contributed by atoms with Crippen LogP contribution in [-0.2, 0) is 11.2 Å². The van der Waals surface area contributed by atoms with Crippen molar-refractivity contribution in [2.45, 2.75) is 13.3 Å². The Morgan fingerprint density at radius 1 is 1.05 bits per heavy atom. The molecule has 0 bridgehead atoms. The van der Waals surface area contributed by atoms with Crippen LogP contribution in [0.4, 0.5) is 5.69 Å². The summed E-state index contributed by atoms with van der Waals surface area (Å²) in [6, 6.07) is 17.1. The van der Waals surface area contributed by atoms with Gasteiger partial charge >= 0.3 is 0 Å². The Kier molecular flexibility index (Phi) is 4.56. The molecule has 0 aromatic heterocycles. The number of ether oxygens (including phenoxy) is 1. The van der Waals surface area contributed by atoms with E-state index < -0.39 is 0 Å². The Bertz CT molecular complexity index is 537. The largest absolute Gasteiger partial charge is 0.483 e. The molecule has 98 valence electrons. The van der Waals surface area contributed by atoms with Crippen molar-refractivity contribution in [3.63, 3.8) is 0 Å². The summed E-state index contributed by atoms with van der Waals surface area (Å²) >= 11 is 0. The molecule has 0 aliphatic rings. The van der Waals surface area contributed by atoms with Gasteiger partial charge in [0.25, 0.3) is 5.91 Å². The molecular formula is C16H17NO2. The number of aryl methyl sites for hydroxylation is 1. The quantitative estimate of drug-likeness (QED) is 0.890. The maximum atomic E-state index is 11.7. The SMILES string of the molecule is CCc1ccccc1OCC(=O)Nc1ccccc1. The Morgan fingerprint density at radius 2 is 1.74 bits per heavy atom. The van der Waals surface area contributed by atoms with E-state index in [1.54, 1.807) is 0 Å². The first kappa shape index (κ1) is 13.1. The number of benzene rings is 2. The average molecular weight is 255 g/mol. The van der Waals surface area contributed by atoms with E-state index in [0.29, 0.717) is 0 Å².